The molecule has 0 aromatic heterocycles. The van der Waals surface area contributed by atoms with Crippen molar-refractivity contribution in [3.8, 4) is 5.75 Å². The van der Waals surface area contributed by atoms with Crippen LogP contribution in [0.2, 0.25) is 5.02 Å². The maximum atomic E-state index is 14.1. The Kier molecular flexibility index (Phi) is 10.6. The van der Waals surface area contributed by atoms with Crippen molar-refractivity contribution in [3.63, 3.8) is 0 Å². The van der Waals surface area contributed by atoms with E-state index in [-0.39, 0.29) is 41.4 Å². The molecule has 0 aliphatic rings. The molecule has 0 fully saturated rings. The summed E-state index contributed by atoms with van der Waals surface area (Å²) in [7, 11) is -2.54. The Labute approximate surface area is 241 Å². The summed E-state index contributed by atoms with van der Waals surface area (Å²) < 4.78 is 32.3. The third kappa shape index (κ3) is 8.47. The molecule has 0 bridgehead atoms. The normalized spacial score (nSPS) is 12.1. The molecular formula is C30H36ClN3O5S. The summed E-state index contributed by atoms with van der Waals surface area (Å²) >= 11 is 6.19. The smallest absolute Gasteiger partial charge is 0.244 e. The number of aryl methyl sites for hydroxylation is 1. The quantitative estimate of drug-likeness (QED) is 0.335. The van der Waals surface area contributed by atoms with Gasteiger partial charge in [0.1, 0.15) is 18.3 Å². The van der Waals surface area contributed by atoms with Crippen molar-refractivity contribution in [1.82, 2.24) is 10.2 Å². The summed E-state index contributed by atoms with van der Waals surface area (Å²) in [6.45, 7) is 5.21. The summed E-state index contributed by atoms with van der Waals surface area (Å²) in [6.07, 6.45) is 1.26. The zero-order valence-electron chi connectivity index (χ0n) is 23.4. The minimum Gasteiger partial charge on any atom is -0.495 e. The summed E-state index contributed by atoms with van der Waals surface area (Å²) in [5.74, 6) is -0.635. The number of amides is 2. The molecule has 3 aromatic carbocycles. The average Bonchev–Trinajstić information content (AvgIpc) is 2.89. The van der Waals surface area contributed by atoms with Gasteiger partial charge in [-0.25, -0.2) is 8.42 Å². The number of benzene rings is 3. The summed E-state index contributed by atoms with van der Waals surface area (Å²) in [5.41, 5.74) is 2.86. The van der Waals surface area contributed by atoms with Gasteiger partial charge < -0.3 is 15.0 Å². The summed E-state index contributed by atoms with van der Waals surface area (Å²) in [4.78, 5) is 29.1. The molecule has 3 aromatic rings. The van der Waals surface area contributed by atoms with Gasteiger partial charge in [-0.05, 0) is 50.1 Å². The van der Waals surface area contributed by atoms with Gasteiger partial charge in [-0.1, -0.05) is 71.8 Å². The lowest BCUT2D eigenvalue weighted by atomic mass is 10.0. The van der Waals surface area contributed by atoms with Crippen molar-refractivity contribution in [2.24, 2.45) is 0 Å². The maximum absolute atomic E-state index is 14.1. The van der Waals surface area contributed by atoms with Gasteiger partial charge in [0.15, 0.2) is 0 Å². The first kappa shape index (κ1) is 31.0. The highest BCUT2D eigenvalue weighted by molar-refractivity contribution is 7.92. The van der Waals surface area contributed by atoms with E-state index in [1.54, 1.807) is 12.1 Å². The van der Waals surface area contributed by atoms with Gasteiger partial charge in [0.05, 0.1) is 19.1 Å². The van der Waals surface area contributed by atoms with Crippen LogP contribution < -0.4 is 14.4 Å². The third-order valence-electron chi connectivity index (χ3n) is 6.26. The number of carbonyl (C=O) groups is 2. The van der Waals surface area contributed by atoms with Crippen LogP contribution in [-0.2, 0) is 32.6 Å². The van der Waals surface area contributed by atoms with E-state index in [2.05, 4.69) is 5.32 Å². The zero-order chi connectivity index (χ0) is 29.4. The molecule has 0 radical (unpaired) electrons. The number of sulfonamides is 1. The predicted molar refractivity (Wildman–Crippen MR) is 159 cm³/mol. The van der Waals surface area contributed by atoms with Crippen LogP contribution in [0, 0.1) is 6.92 Å². The third-order valence-corrected chi connectivity index (χ3v) is 7.63. The van der Waals surface area contributed by atoms with E-state index >= 15 is 0 Å². The Morgan fingerprint density at radius 1 is 0.975 bits per heavy atom. The van der Waals surface area contributed by atoms with Crippen LogP contribution in [0.4, 0.5) is 5.69 Å². The van der Waals surface area contributed by atoms with Crippen molar-refractivity contribution < 1.29 is 22.7 Å². The fourth-order valence-electron chi connectivity index (χ4n) is 4.28. The van der Waals surface area contributed by atoms with Crippen LogP contribution >= 0.6 is 11.6 Å². The number of halogens is 1. The van der Waals surface area contributed by atoms with Gasteiger partial charge in [-0.2, -0.15) is 0 Å². The number of anilines is 1. The van der Waals surface area contributed by atoms with E-state index in [9.17, 15) is 18.0 Å². The van der Waals surface area contributed by atoms with Gasteiger partial charge in [-0.15, -0.1) is 0 Å². The maximum Gasteiger partial charge on any atom is 0.244 e. The molecule has 2 amide bonds. The Hall–Kier alpha value is -3.56. The molecule has 1 N–H and O–H groups in total. The number of carbonyl (C=O) groups excluding carboxylic acids is 2. The van der Waals surface area contributed by atoms with E-state index in [1.165, 1.54) is 18.1 Å². The number of nitrogens with zero attached hydrogens (tertiary/aromatic N) is 2. The standard InChI is InChI=1S/C30H36ClN3O5S/c1-21(2)32-30(36)27(17-23-9-7-6-8-10-23)33(19-24-13-11-22(3)12-14-24)29(35)20-34(40(5,37)38)26-18-25(31)15-16-28(26)39-4/h6-16,18,21,27H,17,19-20H2,1-5H3,(H,32,36). The second-order valence-corrected chi connectivity index (χ2v) is 12.3. The van der Waals surface area contributed by atoms with Crippen LogP contribution in [-0.4, -0.2) is 57.1 Å². The van der Waals surface area contributed by atoms with Crippen LogP contribution in [0.1, 0.15) is 30.5 Å². The lowest BCUT2D eigenvalue weighted by Crippen LogP contribution is -2.54. The fraction of sp³-hybridized carbons (Fsp3) is 0.333. The highest BCUT2D eigenvalue weighted by Crippen LogP contribution is 2.33. The predicted octanol–water partition coefficient (Wildman–Crippen LogP) is 4.59. The molecule has 10 heteroatoms. The molecule has 1 atom stereocenters. The topological polar surface area (TPSA) is 96.0 Å². The van der Waals surface area contributed by atoms with Crippen molar-refractivity contribution >= 4 is 39.1 Å². The molecule has 0 spiro atoms. The van der Waals surface area contributed by atoms with E-state index < -0.39 is 28.5 Å². The van der Waals surface area contributed by atoms with Crippen molar-refractivity contribution in [2.45, 2.75) is 45.8 Å². The number of hydrogen-bond donors (Lipinski definition) is 1. The largest absolute Gasteiger partial charge is 0.495 e. The molecule has 0 heterocycles. The van der Waals surface area contributed by atoms with Gasteiger partial charge in [0.2, 0.25) is 21.8 Å². The Bertz CT molecular complexity index is 1410. The first-order chi connectivity index (χ1) is 18.9. The molecule has 0 saturated carbocycles. The molecule has 0 saturated heterocycles. The van der Waals surface area contributed by atoms with Crippen molar-refractivity contribution in [1.29, 1.82) is 0 Å². The summed E-state index contributed by atoms with van der Waals surface area (Å²) in [5, 5.41) is 3.22. The highest BCUT2D eigenvalue weighted by Gasteiger charge is 2.34. The molecular weight excluding hydrogens is 550 g/mol. The highest BCUT2D eigenvalue weighted by atomic mass is 35.5. The second-order valence-electron chi connectivity index (χ2n) is 9.96. The summed E-state index contributed by atoms with van der Waals surface area (Å²) in [6, 6.07) is 20.5. The van der Waals surface area contributed by atoms with Gasteiger partial charge >= 0.3 is 0 Å². The van der Waals surface area contributed by atoms with Gasteiger partial charge in [-0.3, -0.25) is 13.9 Å². The molecule has 0 aliphatic heterocycles. The van der Waals surface area contributed by atoms with E-state index in [0.717, 1.165) is 27.3 Å². The Balaban J connectivity index is 2.09. The van der Waals surface area contributed by atoms with Crippen LogP contribution in [0.3, 0.4) is 0 Å². The van der Waals surface area contributed by atoms with Crippen LogP contribution in [0.15, 0.2) is 72.8 Å². The molecule has 0 aliphatic carbocycles. The van der Waals surface area contributed by atoms with Crippen LogP contribution in [0.5, 0.6) is 5.75 Å². The fourth-order valence-corrected chi connectivity index (χ4v) is 5.29. The number of rotatable bonds is 12. The number of nitrogens with one attached hydrogen (secondary N) is 1. The van der Waals surface area contributed by atoms with E-state index in [0.29, 0.717) is 0 Å². The SMILES string of the molecule is COc1ccc(Cl)cc1N(CC(=O)N(Cc1ccc(C)cc1)C(Cc1ccccc1)C(=O)NC(C)C)S(C)(=O)=O. The average molecular weight is 586 g/mol. The van der Waals surface area contributed by atoms with Crippen LogP contribution in [0.25, 0.3) is 0 Å². The Morgan fingerprint density at radius 2 is 1.62 bits per heavy atom. The molecule has 214 valence electrons. The van der Waals surface area contributed by atoms with Gasteiger partial charge in [0.25, 0.3) is 0 Å². The van der Waals surface area contributed by atoms with Crippen molar-refractivity contribution in [3.05, 3.63) is 94.5 Å². The minimum atomic E-state index is -3.95. The molecule has 40 heavy (non-hydrogen) atoms. The molecule has 3 rings (SSSR count). The first-order valence-electron chi connectivity index (χ1n) is 12.9. The number of ether oxygens (including phenoxy) is 1. The van der Waals surface area contributed by atoms with Crippen molar-refractivity contribution in [2.75, 3.05) is 24.2 Å². The second kappa shape index (κ2) is 13.7. The molecule has 8 nitrogen and oxygen atoms in total. The minimum absolute atomic E-state index is 0.104. The monoisotopic (exact) mass is 585 g/mol. The van der Waals surface area contributed by atoms with E-state index in [4.69, 9.17) is 16.3 Å². The zero-order valence-corrected chi connectivity index (χ0v) is 25.0. The van der Waals surface area contributed by atoms with Gasteiger partial charge in [0, 0.05) is 24.0 Å². The first-order valence-corrected chi connectivity index (χ1v) is 15.1. The lowest BCUT2D eigenvalue weighted by Gasteiger charge is -2.34. The Morgan fingerprint density at radius 3 is 2.20 bits per heavy atom. The number of methoxy groups -OCH3 is 1. The van der Waals surface area contributed by atoms with E-state index in [1.807, 2.05) is 75.4 Å². The lowest BCUT2D eigenvalue weighted by molar-refractivity contribution is -0.140. The number of hydrogen-bond acceptors (Lipinski definition) is 5. The molecule has 1 unspecified atom stereocenters.